The standard InChI is InChI=1S/C23H20N2O4/c1-15-12-23(29-21(15)27,14-25-13-16(2)20(26)24-22(25)28)19-10-8-18(9-11-19)17-6-4-3-5-7-17/h3-11,13H,1,12,14H2,2H3,(H,24,26,28). The quantitative estimate of drug-likeness (QED) is 0.550. The van der Waals surface area contributed by atoms with Crippen molar-refractivity contribution in [1.82, 2.24) is 9.55 Å². The van der Waals surface area contributed by atoms with Crippen molar-refractivity contribution in [2.45, 2.75) is 25.5 Å². The van der Waals surface area contributed by atoms with E-state index in [1.807, 2.05) is 54.6 Å². The van der Waals surface area contributed by atoms with Gasteiger partial charge in [-0.1, -0.05) is 61.2 Å². The molecule has 6 nitrogen and oxygen atoms in total. The van der Waals surface area contributed by atoms with Gasteiger partial charge in [0, 0.05) is 23.8 Å². The molecule has 146 valence electrons. The Kier molecular flexibility index (Phi) is 4.54. The second kappa shape index (κ2) is 7.05. The van der Waals surface area contributed by atoms with E-state index >= 15 is 0 Å². The van der Waals surface area contributed by atoms with Crippen LogP contribution in [-0.4, -0.2) is 15.5 Å². The molecule has 2 aromatic carbocycles. The Balaban J connectivity index is 1.76. The van der Waals surface area contributed by atoms with Crippen LogP contribution >= 0.6 is 0 Å². The molecule has 0 spiro atoms. The van der Waals surface area contributed by atoms with E-state index in [0.29, 0.717) is 11.1 Å². The lowest BCUT2D eigenvalue weighted by atomic mass is 9.88. The average Bonchev–Trinajstić information content (AvgIpc) is 3.01. The number of aryl methyl sites for hydroxylation is 1. The third kappa shape index (κ3) is 3.45. The SMILES string of the molecule is C=C1CC(Cn2cc(C)c(=O)[nH]c2=O)(c2ccc(-c3ccccc3)cc2)OC1=O. The fraction of sp³-hybridized carbons (Fsp3) is 0.174. The second-order valence-electron chi connectivity index (χ2n) is 7.31. The van der Waals surface area contributed by atoms with Gasteiger partial charge in [0.05, 0.1) is 6.54 Å². The molecule has 0 saturated carbocycles. The lowest BCUT2D eigenvalue weighted by Gasteiger charge is -2.29. The number of carbonyl (C=O) groups excluding carboxylic acids is 1. The Bertz CT molecular complexity index is 1190. The topological polar surface area (TPSA) is 81.2 Å². The van der Waals surface area contributed by atoms with E-state index in [0.717, 1.165) is 16.7 Å². The van der Waals surface area contributed by atoms with Crippen molar-refractivity contribution in [2.75, 3.05) is 0 Å². The number of ether oxygens (including phenoxy) is 1. The van der Waals surface area contributed by atoms with Crippen LogP contribution in [0.1, 0.15) is 17.5 Å². The van der Waals surface area contributed by atoms with E-state index in [1.54, 1.807) is 6.92 Å². The Morgan fingerprint density at radius 3 is 2.31 bits per heavy atom. The molecule has 2 heterocycles. The Hall–Kier alpha value is -3.67. The van der Waals surface area contributed by atoms with Crippen LogP contribution in [0.5, 0.6) is 0 Å². The van der Waals surface area contributed by atoms with Gasteiger partial charge in [0.25, 0.3) is 5.56 Å². The number of aromatic amines is 1. The van der Waals surface area contributed by atoms with Crippen LogP contribution in [-0.2, 0) is 21.7 Å². The van der Waals surface area contributed by atoms with Crippen LogP contribution in [0.3, 0.4) is 0 Å². The van der Waals surface area contributed by atoms with Crippen LogP contribution < -0.4 is 11.2 Å². The molecule has 1 fully saturated rings. The van der Waals surface area contributed by atoms with Crippen LogP contribution in [0.2, 0.25) is 0 Å². The molecule has 4 rings (SSSR count). The highest BCUT2D eigenvalue weighted by molar-refractivity contribution is 5.90. The molecule has 3 aromatic rings. The zero-order valence-corrected chi connectivity index (χ0v) is 16.0. The maximum atomic E-state index is 12.3. The van der Waals surface area contributed by atoms with Gasteiger partial charge < -0.3 is 4.74 Å². The molecule has 0 amide bonds. The van der Waals surface area contributed by atoms with Gasteiger partial charge in [-0.15, -0.1) is 0 Å². The number of esters is 1. The number of cyclic esters (lactones) is 1. The van der Waals surface area contributed by atoms with Gasteiger partial charge in [-0.3, -0.25) is 14.3 Å². The van der Waals surface area contributed by atoms with E-state index in [4.69, 9.17) is 4.74 Å². The Morgan fingerprint density at radius 1 is 1.03 bits per heavy atom. The lowest BCUT2D eigenvalue weighted by molar-refractivity contribution is -0.148. The molecular weight excluding hydrogens is 368 g/mol. The first kappa shape index (κ1) is 18.7. The number of H-pyrrole nitrogens is 1. The number of hydrogen-bond acceptors (Lipinski definition) is 4. The first-order chi connectivity index (χ1) is 13.9. The number of hydrogen-bond donors (Lipinski definition) is 1. The van der Waals surface area contributed by atoms with Gasteiger partial charge >= 0.3 is 11.7 Å². The lowest BCUT2D eigenvalue weighted by Crippen LogP contribution is -2.39. The summed E-state index contributed by atoms with van der Waals surface area (Å²) in [4.78, 5) is 38.5. The van der Waals surface area contributed by atoms with E-state index in [-0.39, 0.29) is 13.0 Å². The molecule has 1 aliphatic rings. The fourth-order valence-corrected chi connectivity index (χ4v) is 3.65. The number of carbonyl (C=O) groups is 1. The minimum Gasteiger partial charge on any atom is -0.449 e. The van der Waals surface area contributed by atoms with Crippen LogP contribution in [0.25, 0.3) is 11.1 Å². The summed E-state index contributed by atoms with van der Waals surface area (Å²) < 4.78 is 7.10. The van der Waals surface area contributed by atoms with Crippen molar-refractivity contribution >= 4 is 5.97 Å². The van der Waals surface area contributed by atoms with E-state index in [9.17, 15) is 14.4 Å². The van der Waals surface area contributed by atoms with Gasteiger partial charge in [0.1, 0.15) is 0 Å². The molecule has 0 bridgehead atoms. The third-order valence-corrected chi connectivity index (χ3v) is 5.21. The molecule has 0 radical (unpaired) electrons. The maximum absolute atomic E-state index is 12.3. The minimum absolute atomic E-state index is 0.0822. The minimum atomic E-state index is -1.06. The van der Waals surface area contributed by atoms with Crippen molar-refractivity contribution in [3.05, 3.63) is 105 Å². The summed E-state index contributed by atoms with van der Waals surface area (Å²) in [6.07, 6.45) is 1.75. The number of nitrogens with one attached hydrogen (secondary N) is 1. The summed E-state index contributed by atoms with van der Waals surface area (Å²) in [6.45, 7) is 5.50. The van der Waals surface area contributed by atoms with Crippen molar-refractivity contribution in [3.63, 3.8) is 0 Å². The average molecular weight is 388 g/mol. The summed E-state index contributed by atoms with van der Waals surface area (Å²) in [5, 5.41) is 0. The molecule has 1 N–H and O–H groups in total. The van der Waals surface area contributed by atoms with Crippen molar-refractivity contribution in [2.24, 2.45) is 0 Å². The summed E-state index contributed by atoms with van der Waals surface area (Å²) in [5.74, 6) is -0.480. The predicted molar refractivity (Wildman–Crippen MR) is 109 cm³/mol. The molecule has 1 aliphatic heterocycles. The molecule has 1 atom stereocenters. The highest BCUT2D eigenvalue weighted by Crippen LogP contribution is 2.40. The first-order valence-corrected chi connectivity index (χ1v) is 9.25. The van der Waals surface area contributed by atoms with Gasteiger partial charge in [-0.05, 0) is 23.6 Å². The summed E-state index contributed by atoms with van der Waals surface area (Å²) in [6, 6.07) is 17.7. The summed E-state index contributed by atoms with van der Waals surface area (Å²) >= 11 is 0. The molecule has 1 unspecified atom stereocenters. The summed E-state index contributed by atoms with van der Waals surface area (Å²) in [7, 11) is 0. The molecule has 1 aromatic heterocycles. The van der Waals surface area contributed by atoms with Crippen molar-refractivity contribution in [1.29, 1.82) is 0 Å². The third-order valence-electron chi connectivity index (χ3n) is 5.21. The number of benzene rings is 2. The molecule has 0 aliphatic carbocycles. The zero-order chi connectivity index (χ0) is 20.6. The van der Waals surface area contributed by atoms with E-state index in [2.05, 4.69) is 11.6 Å². The fourth-order valence-electron chi connectivity index (χ4n) is 3.65. The monoisotopic (exact) mass is 388 g/mol. The molecule has 6 heteroatoms. The molecule has 29 heavy (non-hydrogen) atoms. The van der Waals surface area contributed by atoms with E-state index < -0.39 is 22.8 Å². The summed E-state index contributed by atoms with van der Waals surface area (Å²) in [5.41, 5.74) is 1.60. The molecule has 1 saturated heterocycles. The van der Waals surface area contributed by atoms with Gasteiger partial charge in [0.2, 0.25) is 0 Å². The maximum Gasteiger partial charge on any atom is 0.334 e. The number of aromatic nitrogens is 2. The van der Waals surface area contributed by atoms with Gasteiger partial charge in [-0.25, -0.2) is 9.59 Å². The van der Waals surface area contributed by atoms with Crippen LogP contribution in [0.4, 0.5) is 0 Å². The largest absolute Gasteiger partial charge is 0.449 e. The normalized spacial score (nSPS) is 18.7. The highest BCUT2D eigenvalue weighted by Gasteiger charge is 2.45. The Morgan fingerprint density at radius 2 is 1.69 bits per heavy atom. The van der Waals surface area contributed by atoms with Gasteiger partial charge in [-0.2, -0.15) is 0 Å². The highest BCUT2D eigenvalue weighted by atomic mass is 16.6. The first-order valence-electron chi connectivity index (χ1n) is 9.25. The second-order valence-corrected chi connectivity index (χ2v) is 7.31. The molecular formula is C23H20N2O4. The number of rotatable bonds is 4. The smallest absolute Gasteiger partial charge is 0.334 e. The number of nitrogens with zero attached hydrogens (tertiary/aromatic N) is 1. The van der Waals surface area contributed by atoms with Crippen LogP contribution in [0.15, 0.2) is 82.5 Å². The Labute approximate surface area is 167 Å². The van der Waals surface area contributed by atoms with E-state index in [1.165, 1.54) is 10.8 Å². The van der Waals surface area contributed by atoms with Gasteiger partial charge in [0.15, 0.2) is 5.60 Å². The van der Waals surface area contributed by atoms with Crippen LogP contribution in [0, 0.1) is 6.92 Å². The van der Waals surface area contributed by atoms with Crippen molar-refractivity contribution < 1.29 is 9.53 Å². The predicted octanol–water partition coefficient (Wildman–Crippen LogP) is 2.91. The van der Waals surface area contributed by atoms with Crippen molar-refractivity contribution in [3.8, 4) is 11.1 Å². The zero-order valence-electron chi connectivity index (χ0n) is 16.0.